The van der Waals surface area contributed by atoms with Crippen molar-refractivity contribution < 1.29 is 9.63 Å². The first-order chi connectivity index (χ1) is 10.1. The molecule has 0 bridgehead atoms. The van der Waals surface area contributed by atoms with E-state index in [0.717, 1.165) is 27.3 Å². The third kappa shape index (κ3) is 2.87. The molecule has 1 N–H and O–H groups in total. The fraction of sp³-hybridized carbons (Fsp3) is 0.125. The van der Waals surface area contributed by atoms with Crippen LogP contribution in [0.2, 0.25) is 0 Å². The van der Waals surface area contributed by atoms with Crippen LogP contribution in [-0.4, -0.2) is 11.0 Å². The van der Waals surface area contributed by atoms with E-state index in [-0.39, 0.29) is 5.97 Å². The summed E-state index contributed by atoms with van der Waals surface area (Å²) in [7, 11) is 0. The number of carbonyl (C=O) groups excluding carboxylic acids is 1. The van der Waals surface area contributed by atoms with E-state index in [2.05, 4.69) is 16.5 Å². The third-order valence-corrected chi connectivity index (χ3v) is 4.13. The third-order valence-electron chi connectivity index (χ3n) is 3.06. The Morgan fingerprint density at radius 1 is 1.24 bits per heavy atom. The minimum absolute atomic E-state index is 0.372. The molecule has 0 unspecified atom stereocenters. The molecule has 21 heavy (non-hydrogen) atoms. The van der Waals surface area contributed by atoms with Gasteiger partial charge < -0.3 is 4.84 Å². The molecule has 5 heteroatoms. The lowest BCUT2D eigenvalue weighted by Gasteiger charge is -2.08. The second-order valence-corrected chi connectivity index (χ2v) is 5.74. The number of hydrogen-bond acceptors (Lipinski definition) is 5. The highest BCUT2D eigenvalue weighted by atomic mass is 32.1. The molecular formula is C16H14N2O2S. The molecule has 1 heterocycles. The van der Waals surface area contributed by atoms with Gasteiger partial charge in [-0.15, -0.1) is 11.3 Å². The fourth-order valence-corrected chi connectivity index (χ4v) is 3.14. The maximum Gasteiger partial charge on any atom is 0.329 e. The van der Waals surface area contributed by atoms with Crippen LogP contribution in [0, 0.1) is 6.92 Å². The first-order valence-electron chi connectivity index (χ1n) is 6.53. The number of aromatic nitrogens is 1. The summed E-state index contributed by atoms with van der Waals surface area (Å²) in [5, 5.41) is 0.993. The monoisotopic (exact) mass is 298 g/mol. The van der Waals surface area contributed by atoms with Crippen molar-refractivity contribution >= 4 is 33.2 Å². The predicted molar refractivity (Wildman–Crippen MR) is 85.2 cm³/mol. The van der Waals surface area contributed by atoms with Crippen LogP contribution in [0.25, 0.3) is 20.8 Å². The Labute approximate surface area is 126 Å². The summed E-state index contributed by atoms with van der Waals surface area (Å²) in [5.41, 5.74) is 6.54. The molecule has 0 aliphatic carbocycles. The minimum atomic E-state index is -0.372. The van der Waals surface area contributed by atoms with Gasteiger partial charge in [-0.1, -0.05) is 12.1 Å². The Bertz CT molecular complexity index is 778. The summed E-state index contributed by atoms with van der Waals surface area (Å²) in [6.45, 7) is 3.37. The van der Waals surface area contributed by atoms with Crippen molar-refractivity contribution in [3.8, 4) is 10.6 Å². The average molecular weight is 298 g/mol. The zero-order valence-corrected chi connectivity index (χ0v) is 12.5. The van der Waals surface area contributed by atoms with Gasteiger partial charge in [0.1, 0.15) is 5.01 Å². The topological polar surface area (TPSA) is 51.2 Å². The maximum atomic E-state index is 10.8. The molecule has 4 nitrogen and oxygen atoms in total. The summed E-state index contributed by atoms with van der Waals surface area (Å²) in [6.07, 6.45) is 0. The summed E-state index contributed by atoms with van der Waals surface area (Å²) >= 11 is 1.67. The Kier molecular flexibility index (Phi) is 3.58. The van der Waals surface area contributed by atoms with E-state index in [4.69, 9.17) is 4.84 Å². The molecule has 2 aromatic carbocycles. The number of para-hydroxylation sites is 1. The van der Waals surface area contributed by atoms with Crippen LogP contribution >= 0.6 is 11.3 Å². The zero-order chi connectivity index (χ0) is 14.8. The van der Waals surface area contributed by atoms with Crippen LogP contribution in [0.1, 0.15) is 12.5 Å². The quantitative estimate of drug-likeness (QED) is 0.738. The molecule has 0 saturated carbocycles. The summed E-state index contributed by atoms with van der Waals surface area (Å²) < 4.78 is 1.18. The number of anilines is 1. The van der Waals surface area contributed by atoms with Gasteiger partial charge in [-0.2, -0.15) is 0 Å². The van der Waals surface area contributed by atoms with Crippen LogP contribution in [0.3, 0.4) is 0 Å². The van der Waals surface area contributed by atoms with E-state index in [1.54, 1.807) is 11.3 Å². The first-order valence-corrected chi connectivity index (χ1v) is 7.35. The van der Waals surface area contributed by atoms with Gasteiger partial charge in [0.15, 0.2) is 0 Å². The second-order valence-electron chi connectivity index (χ2n) is 4.71. The number of nitrogens with one attached hydrogen (secondary N) is 1. The van der Waals surface area contributed by atoms with Gasteiger partial charge in [-0.05, 0) is 42.8 Å². The molecule has 0 saturated heterocycles. The molecule has 3 rings (SSSR count). The molecule has 0 spiro atoms. The Morgan fingerprint density at radius 3 is 2.76 bits per heavy atom. The lowest BCUT2D eigenvalue weighted by atomic mass is 10.1. The highest BCUT2D eigenvalue weighted by Crippen LogP contribution is 2.32. The summed E-state index contributed by atoms with van der Waals surface area (Å²) in [4.78, 5) is 20.2. The molecule has 106 valence electrons. The Balaban J connectivity index is 1.93. The van der Waals surface area contributed by atoms with Crippen LogP contribution in [0.15, 0.2) is 42.5 Å². The van der Waals surface area contributed by atoms with Gasteiger partial charge in [0, 0.05) is 12.5 Å². The number of benzene rings is 2. The molecule has 0 aliphatic rings. The minimum Gasteiger partial charge on any atom is -0.344 e. The van der Waals surface area contributed by atoms with E-state index >= 15 is 0 Å². The molecule has 0 atom stereocenters. The van der Waals surface area contributed by atoms with E-state index in [9.17, 15) is 4.79 Å². The van der Waals surface area contributed by atoms with E-state index in [0.29, 0.717) is 0 Å². The first kappa shape index (κ1) is 13.6. The van der Waals surface area contributed by atoms with Gasteiger partial charge in [-0.3, -0.25) is 4.79 Å². The summed E-state index contributed by atoms with van der Waals surface area (Å²) in [5.74, 6) is -0.372. The van der Waals surface area contributed by atoms with Crippen molar-refractivity contribution in [1.82, 2.24) is 4.98 Å². The van der Waals surface area contributed by atoms with Crippen LogP contribution < -0.4 is 5.48 Å². The van der Waals surface area contributed by atoms with Crippen LogP contribution in [-0.2, 0) is 9.63 Å². The highest BCUT2D eigenvalue weighted by molar-refractivity contribution is 7.21. The van der Waals surface area contributed by atoms with E-state index in [1.807, 2.05) is 43.3 Å². The number of aryl methyl sites for hydroxylation is 1. The van der Waals surface area contributed by atoms with Gasteiger partial charge in [0.25, 0.3) is 0 Å². The Morgan fingerprint density at radius 2 is 2.05 bits per heavy atom. The predicted octanol–water partition coefficient (Wildman–Crippen LogP) is 4.16. The number of nitrogens with zero attached hydrogens (tertiary/aromatic N) is 1. The molecule has 0 fully saturated rings. The molecule has 0 radical (unpaired) electrons. The van der Waals surface area contributed by atoms with Crippen LogP contribution in [0.5, 0.6) is 0 Å². The SMILES string of the molecule is CC(=O)ONc1ccc(-c2nc3ccccc3s2)c(C)c1. The Hall–Kier alpha value is -2.40. The average Bonchev–Trinajstić information content (AvgIpc) is 2.88. The lowest BCUT2D eigenvalue weighted by molar-refractivity contribution is -0.138. The largest absolute Gasteiger partial charge is 0.344 e. The van der Waals surface area contributed by atoms with Crippen molar-refractivity contribution in [2.75, 3.05) is 5.48 Å². The van der Waals surface area contributed by atoms with Gasteiger partial charge in [0.2, 0.25) is 0 Å². The van der Waals surface area contributed by atoms with E-state index < -0.39 is 0 Å². The molecule has 0 amide bonds. The van der Waals surface area contributed by atoms with Crippen molar-refractivity contribution in [2.24, 2.45) is 0 Å². The standard InChI is InChI=1S/C16H14N2O2S/c1-10-9-12(18-20-11(2)19)7-8-13(10)16-17-14-5-3-4-6-15(14)21-16/h3-9,18H,1-2H3. The van der Waals surface area contributed by atoms with Gasteiger partial charge >= 0.3 is 5.97 Å². The van der Waals surface area contributed by atoms with Crippen LogP contribution in [0.4, 0.5) is 5.69 Å². The molecule has 0 aliphatic heterocycles. The number of rotatable bonds is 3. The highest BCUT2D eigenvalue weighted by Gasteiger charge is 2.09. The smallest absolute Gasteiger partial charge is 0.329 e. The maximum absolute atomic E-state index is 10.8. The molecule has 3 aromatic rings. The second kappa shape index (κ2) is 5.54. The number of fused-ring (bicyclic) bond motifs is 1. The number of carbonyl (C=O) groups is 1. The molecule has 1 aromatic heterocycles. The number of hydrogen-bond donors (Lipinski definition) is 1. The van der Waals surface area contributed by atoms with Crippen molar-refractivity contribution in [2.45, 2.75) is 13.8 Å². The summed E-state index contributed by atoms with van der Waals surface area (Å²) in [6, 6.07) is 13.9. The van der Waals surface area contributed by atoms with Gasteiger partial charge in [-0.25, -0.2) is 10.5 Å². The number of thiazole rings is 1. The lowest BCUT2D eigenvalue weighted by Crippen LogP contribution is -2.06. The normalized spacial score (nSPS) is 10.6. The van der Waals surface area contributed by atoms with Crippen molar-refractivity contribution in [3.05, 3.63) is 48.0 Å². The molecular weight excluding hydrogens is 284 g/mol. The van der Waals surface area contributed by atoms with Crippen molar-refractivity contribution in [3.63, 3.8) is 0 Å². The fourth-order valence-electron chi connectivity index (χ4n) is 2.09. The van der Waals surface area contributed by atoms with E-state index in [1.165, 1.54) is 11.6 Å². The van der Waals surface area contributed by atoms with Crippen molar-refractivity contribution in [1.29, 1.82) is 0 Å². The van der Waals surface area contributed by atoms with Gasteiger partial charge in [0.05, 0.1) is 15.9 Å². The zero-order valence-electron chi connectivity index (χ0n) is 11.7.